The molecule has 37 heavy (non-hydrogen) atoms. The lowest BCUT2D eigenvalue weighted by atomic mass is 10.2. The van der Waals surface area contributed by atoms with Crippen molar-refractivity contribution in [2.75, 3.05) is 20.3 Å². The Morgan fingerprint density at radius 3 is 2.43 bits per heavy atom. The number of carbonyl (C=O) groups excluding carboxylic acids is 1. The zero-order valence-electron chi connectivity index (χ0n) is 20.6. The quantitative estimate of drug-likeness (QED) is 0.176. The first kappa shape index (κ1) is 28.0. The van der Waals surface area contributed by atoms with E-state index in [1.807, 2.05) is 6.92 Å². The first-order valence-electron chi connectivity index (χ1n) is 11.4. The number of hydrogen-bond acceptors (Lipinski definition) is 8. The van der Waals surface area contributed by atoms with Gasteiger partial charge in [-0.15, -0.1) is 0 Å². The predicted octanol–water partition coefficient (Wildman–Crippen LogP) is 5.18. The van der Waals surface area contributed by atoms with Crippen LogP contribution in [0.3, 0.4) is 0 Å². The summed E-state index contributed by atoms with van der Waals surface area (Å²) in [5.74, 6) is 0.737. The average Bonchev–Trinajstić information content (AvgIpc) is 2.90. The van der Waals surface area contributed by atoms with E-state index in [0.717, 1.165) is 6.42 Å². The standard InChI is InChI=1S/C26H27BrN2O7S/c1-4-13-35-22-12-11-19(16-23(22)33-3)26(30)29-28-17-18-14-21(27)25(24(15-18)34-5-2)36-37(31,32)20-9-7-6-8-10-20/h6-12,14-17H,4-5,13H2,1-3H3,(H,29,30)/b28-17+. The third-order valence-corrected chi connectivity index (χ3v) is 6.65. The second kappa shape index (κ2) is 13.1. The summed E-state index contributed by atoms with van der Waals surface area (Å²) in [5, 5.41) is 4.01. The summed E-state index contributed by atoms with van der Waals surface area (Å²) in [6, 6.07) is 15.8. The van der Waals surface area contributed by atoms with Gasteiger partial charge in [0, 0.05) is 5.56 Å². The molecular weight excluding hydrogens is 564 g/mol. The highest BCUT2D eigenvalue weighted by molar-refractivity contribution is 9.10. The molecule has 0 aliphatic heterocycles. The molecule has 0 unspecified atom stereocenters. The van der Waals surface area contributed by atoms with Crippen LogP contribution in [0, 0.1) is 0 Å². The maximum Gasteiger partial charge on any atom is 0.339 e. The van der Waals surface area contributed by atoms with Crippen molar-refractivity contribution in [3.8, 4) is 23.0 Å². The molecule has 1 N–H and O–H groups in total. The van der Waals surface area contributed by atoms with Gasteiger partial charge in [-0.1, -0.05) is 25.1 Å². The number of carbonyl (C=O) groups is 1. The number of benzene rings is 3. The van der Waals surface area contributed by atoms with E-state index in [-0.39, 0.29) is 23.0 Å². The van der Waals surface area contributed by atoms with Gasteiger partial charge in [-0.05, 0) is 77.3 Å². The van der Waals surface area contributed by atoms with Gasteiger partial charge < -0.3 is 18.4 Å². The lowest BCUT2D eigenvalue weighted by molar-refractivity contribution is 0.0954. The molecule has 0 aliphatic carbocycles. The fourth-order valence-corrected chi connectivity index (χ4v) is 4.75. The molecule has 3 aromatic rings. The molecule has 0 radical (unpaired) electrons. The van der Waals surface area contributed by atoms with Crippen LogP contribution in [-0.2, 0) is 10.1 Å². The summed E-state index contributed by atoms with van der Waals surface area (Å²) in [4.78, 5) is 12.6. The molecule has 0 saturated carbocycles. The maximum absolute atomic E-state index is 12.7. The van der Waals surface area contributed by atoms with Crippen molar-refractivity contribution >= 4 is 38.2 Å². The minimum atomic E-state index is -4.08. The van der Waals surface area contributed by atoms with Crippen LogP contribution >= 0.6 is 15.9 Å². The van der Waals surface area contributed by atoms with E-state index in [1.54, 1.807) is 55.5 Å². The Hall–Kier alpha value is -3.57. The SMILES string of the molecule is CCCOc1ccc(C(=O)N/N=C/c2cc(Br)c(OS(=O)(=O)c3ccccc3)c(OCC)c2)cc1OC. The highest BCUT2D eigenvalue weighted by Crippen LogP contribution is 2.38. The number of methoxy groups -OCH3 is 1. The molecule has 9 nitrogen and oxygen atoms in total. The van der Waals surface area contributed by atoms with E-state index >= 15 is 0 Å². The summed E-state index contributed by atoms with van der Waals surface area (Å²) in [5.41, 5.74) is 3.32. The van der Waals surface area contributed by atoms with Crippen molar-refractivity contribution in [3.05, 3.63) is 76.3 Å². The predicted molar refractivity (Wildman–Crippen MR) is 143 cm³/mol. The zero-order chi connectivity index (χ0) is 26.8. The van der Waals surface area contributed by atoms with E-state index in [1.165, 1.54) is 25.5 Å². The van der Waals surface area contributed by atoms with E-state index in [4.69, 9.17) is 18.4 Å². The summed E-state index contributed by atoms with van der Waals surface area (Å²) in [6.07, 6.45) is 2.24. The number of ether oxygens (including phenoxy) is 3. The topological polar surface area (TPSA) is 113 Å². The number of amides is 1. The van der Waals surface area contributed by atoms with Crippen molar-refractivity contribution in [1.82, 2.24) is 5.43 Å². The number of hydrazone groups is 1. The third kappa shape index (κ3) is 7.46. The van der Waals surface area contributed by atoms with Gasteiger partial charge in [0.1, 0.15) is 4.90 Å². The smallest absolute Gasteiger partial charge is 0.339 e. The summed E-state index contributed by atoms with van der Waals surface area (Å²) in [7, 11) is -2.58. The molecule has 3 aromatic carbocycles. The second-order valence-electron chi connectivity index (χ2n) is 7.53. The van der Waals surface area contributed by atoms with Gasteiger partial charge in [-0.3, -0.25) is 4.79 Å². The first-order valence-corrected chi connectivity index (χ1v) is 13.6. The molecule has 0 atom stereocenters. The van der Waals surface area contributed by atoms with Crippen LogP contribution in [0.1, 0.15) is 36.2 Å². The number of halogens is 1. The van der Waals surface area contributed by atoms with Crippen molar-refractivity contribution in [2.24, 2.45) is 5.10 Å². The fourth-order valence-electron chi connectivity index (χ4n) is 3.12. The Labute approximate surface area is 224 Å². The van der Waals surface area contributed by atoms with Crippen LogP contribution in [-0.4, -0.2) is 40.9 Å². The number of nitrogens with one attached hydrogen (secondary N) is 1. The van der Waals surface area contributed by atoms with Crippen LogP contribution < -0.4 is 23.8 Å². The van der Waals surface area contributed by atoms with E-state index in [2.05, 4.69) is 26.5 Å². The van der Waals surface area contributed by atoms with Crippen LogP contribution in [0.5, 0.6) is 23.0 Å². The van der Waals surface area contributed by atoms with Crippen LogP contribution in [0.2, 0.25) is 0 Å². The minimum absolute atomic E-state index is 0.00404. The van der Waals surface area contributed by atoms with Gasteiger partial charge in [-0.25, -0.2) is 5.43 Å². The highest BCUT2D eigenvalue weighted by atomic mass is 79.9. The molecule has 0 heterocycles. The largest absolute Gasteiger partial charge is 0.493 e. The average molecular weight is 591 g/mol. The van der Waals surface area contributed by atoms with Crippen LogP contribution in [0.15, 0.2) is 75.1 Å². The van der Waals surface area contributed by atoms with E-state index < -0.39 is 16.0 Å². The fraction of sp³-hybridized carbons (Fsp3) is 0.231. The number of rotatable bonds is 12. The number of hydrogen-bond donors (Lipinski definition) is 1. The maximum atomic E-state index is 12.7. The number of nitrogens with zero attached hydrogens (tertiary/aromatic N) is 1. The lowest BCUT2D eigenvalue weighted by Gasteiger charge is -2.14. The van der Waals surface area contributed by atoms with Crippen molar-refractivity contribution in [1.29, 1.82) is 0 Å². The van der Waals surface area contributed by atoms with Gasteiger partial charge in [0.05, 0.1) is 31.0 Å². The van der Waals surface area contributed by atoms with Crippen molar-refractivity contribution in [3.63, 3.8) is 0 Å². The Bertz CT molecular complexity index is 1360. The Kier molecular flexibility index (Phi) is 9.93. The monoisotopic (exact) mass is 590 g/mol. The van der Waals surface area contributed by atoms with Gasteiger partial charge >= 0.3 is 10.1 Å². The first-order chi connectivity index (χ1) is 17.8. The molecule has 0 spiro atoms. The zero-order valence-corrected chi connectivity index (χ0v) is 23.0. The highest BCUT2D eigenvalue weighted by Gasteiger charge is 2.22. The molecule has 0 aromatic heterocycles. The second-order valence-corrected chi connectivity index (χ2v) is 9.93. The van der Waals surface area contributed by atoms with Gasteiger partial charge in [0.2, 0.25) is 0 Å². The van der Waals surface area contributed by atoms with Gasteiger partial charge in [-0.2, -0.15) is 13.5 Å². The molecule has 0 fully saturated rings. The molecule has 0 bridgehead atoms. The molecule has 196 valence electrons. The van der Waals surface area contributed by atoms with E-state index in [9.17, 15) is 13.2 Å². The summed E-state index contributed by atoms with van der Waals surface area (Å²) in [6.45, 7) is 4.56. The molecular formula is C26H27BrN2O7S. The van der Waals surface area contributed by atoms with Crippen LogP contribution in [0.25, 0.3) is 0 Å². The Morgan fingerprint density at radius 2 is 1.76 bits per heavy atom. The lowest BCUT2D eigenvalue weighted by Crippen LogP contribution is -2.17. The molecule has 1 amide bonds. The van der Waals surface area contributed by atoms with Gasteiger partial charge in [0.15, 0.2) is 23.0 Å². The minimum Gasteiger partial charge on any atom is -0.493 e. The Morgan fingerprint density at radius 1 is 1.00 bits per heavy atom. The van der Waals surface area contributed by atoms with E-state index in [0.29, 0.717) is 33.7 Å². The molecule has 0 aliphatic rings. The van der Waals surface area contributed by atoms with Crippen LogP contribution in [0.4, 0.5) is 0 Å². The molecule has 11 heteroatoms. The van der Waals surface area contributed by atoms with Crippen molar-refractivity contribution < 1.29 is 31.6 Å². The third-order valence-electron chi connectivity index (χ3n) is 4.82. The summed E-state index contributed by atoms with van der Waals surface area (Å²) < 4.78 is 47.7. The van der Waals surface area contributed by atoms with Crippen molar-refractivity contribution in [2.45, 2.75) is 25.2 Å². The molecule has 3 rings (SSSR count). The molecule has 0 saturated heterocycles. The Balaban J connectivity index is 1.77. The summed E-state index contributed by atoms with van der Waals surface area (Å²) >= 11 is 3.35. The normalized spacial score (nSPS) is 11.2. The van der Waals surface area contributed by atoms with Gasteiger partial charge in [0.25, 0.3) is 5.91 Å².